The van der Waals surface area contributed by atoms with Gasteiger partial charge < -0.3 is 20.3 Å². The van der Waals surface area contributed by atoms with Gasteiger partial charge in [-0.25, -0.2) is 0 Å². The van der Waals surface area contributed by atoms with E-state index in [-0.39, 0.29) is 46.2 Å². The Balaban J connectivity index is 1.46. The Labute approximate surface area is 215 Å². The van der Waals surface area contributed by atoms with E-state index in [1.807, 2.05) is 0 Å². The lowest BCUT2D eigenvalue weighted by Gasteiger charge is -2.66. The lowest BCUT2D eigenvalue weighted by molar-refractivity contribution is -0.196. The van der Waals surface area contributed by atoms with Crippen molar-refractivity contribution >= 4 is 0 Å². The van der Waals surface area contributed by atoms with E-state index in [1.54, 1.807) is 0 Å². The van der Waals surface area contributed by atoms with Crippen molar-refractivity contribution in [2.24, 2.45) is 45.3 Å². The predicted octanol–water partition coefficient (Wildman–Crippen LogP) is 5.94. The molecule has 5 fully saturated rings. The molecule has 4 heteroatoms. The summed E-state index contributed by atoms with van der Waals surface area (Å²) in [6.07, 6.45) is 10.1. The van der Waals surface area contributed by atoms with E-state index in [0.29, 0.717) is 29.1 Å². The van der Waals surface area contributed by atoms with Gasteiger partial charge in [0.05, 0.1) is 24.4 Å². The fourth-order valence-corrected chi connectivity index (χ4v) is 10.6. The highest BCUT2D eigenvalue weighted by molar-refractivity contribution is 5.22. The number of fused-ring (bicyclic) bond motifs is 5. The summed E-state index contributed by atoms with van der Waals surface area (Å²) in [7, 11) is 0. The molecule has 4 aliphatic carbocycles. The molecule has 4 nitrogen and oxygen atoms in total. The number of aliphatic hydroxyl groups excluding tert-OH is 2. The third-order valence-corrected chi connectivity index (χ3v) is 12.8. The van der Waals surface area contributed by atoms with E-state index in [2.05, 4.69) is 60.7 Å². The van der Waals surface area contributed by atoms with E-state index in [1.165, 1.54) is 38.5 Å². The van der Waals surface area contributed by atoms with Gasteiger partial charge in [0.15, 0.2) is 0 Å². The molecule has 1 saturated heterocycles. The summed E-state index contributed by atoms with van der Waals surface area (Å²) in [5, 5.41) is 26.8. The fraction of sp³-hybridized carbons (Fsp3) is 1.00. The summed E-state index contributed by atoms with van der Waals surface area (Å²) < 4.78 is 6.84. The molecule has 11 unspecified atom stereocenters. The first-order chi connectivity index (χ1) is 16.2. The second-order valence-electron chi connectivity index (χ2n) is 15.9. The van der Waals surface area contributed by atoms with Gasteiger partial charge in [0.1, 0.15) is 0 Å². The van der Waals surface area contributed by atoms with Crippen molar-refractivity contribution in [3.63, 3.8) is 0 Å². The van der Waals surface area contributed by atoms with Crippen LogP contribution < -0.4 is 5.32 Å². The Morgan fingerprint density at radius 3 is 2.37 bits per heavy atom. The normalized spacial score (nSPS) is 53.7. The summed E-state index contributed by atoms with van der Waals surface area (Å²) in [5.74, 6) is 2.15. The highest BCUT2D eigenvalue weighted by Gasteiger charge is 2.74. The smallest absolute Gasteiger partial charge is 0.0880 e. The third-order valence-electron chi connectivity index (χ3n) is 12.8. The minimum Gasteiger partial charge on any atom is -0.393 e. The molecule has 0 aromatic heterocycles. The van der Waals surface area contributed by atoms with Crippen molar-refractivity contribution in [2.45, 2.75) is 143 Å². The quantitative estimate of drug-likeness (QED) is 0.449. The van der Waals surface area contributed by atoms with Crippen LogP contribution >= 0.6 is 0 Å². The molecule has 4 saturated carbocycles. The minimum atomic E-state index is -0.389. The standard InChI is InChI=1S/C31H55NO3/c1-19-16-21(18-32-27(2,3)4)35-25-24(19)29(7)14-15-31-13-9-10-23(33)28(5,6)20(17-31)11-12-22(31)30(29,8)26(25)34/h19-26,32-34H,9-18H2,1-8H3. The van der Waals surface area contributed by atoms with Crippen LogP contribution in [0.25, 0.3) is 0 Å². The summed E-state index contributed by atoms with van der Waals surface area (Å²) in [6.45, 7) is 19.6. The van der Waals surface area contributed by atoms with Gasteiger partial charge in [-0.05, 0) is 112 Å². The van der Waals surface area contributed by atoms with Crippen LogP contribution in [0.5, 0.6) is 0 Å². The Hall–Kier alpha value is -0.160. The Bertz CT molecular complexity index is 806. The molecule has 0 radical (unpaired) electrons. The van der Waals surface area contributed by atoms with E-state index < -0.39 is 0 Å². The van der Waals surface area contributed by atoms with Gasteiger partial charge in [-0.1, -0.05) is 41.0 Å². The molecule has 1 spiro atoms. The van der Waals surface area contributed by atoms with E-state index in [9.17, 15) is 10.2 Å². The number of ether oxygens (including phenoxy) is 1. The van der Waals surface area contributed by atoms with Crippen LogP contribution in [-0.4, -0.2) is 46.7 Å². The van der Waals surface area contributed by atoms with Crippen molar-refractivity contribution < 1.29 is 14.9 Å². The van der Waals surface area contributed by atoms with Crippen molar-refractivity contribution in [3.05, 3.63) is 0 Å². The van der Waals surface area contributed by atoms with Crippen LogP contribution in [0.4, 0.5) is 0 Å². The maximum Gasteiger partial charge on any atom is 0.0880 e. The van der Waals surface area contributed by atoms with Crippen molar-refractivity contribution in [2.75, 3.05) is 6.54 Å². The third kappa shape index (κ3) is 3.81. The van der Waals surface area contributed by atoms with E-state index >= 15 is 0 Å². The molecule has 5 rings (SSSR count). The first-order valence-electron chi connectivity index (χ1n) is 14.9. The van der Waals surface area contributed by atoms with Gasteiger partial charge in [-0.3, -0.25) is 0 Å². The summed E-state index contributed by atoms with van der Waals surface area (Å²) in [5.41, 5.74) is 0.411. The van der Waals surface area contributed by atoms with Crippen LogP contribution in [0, 0.1) is 45.3 Å². The lowest BCUT2D eigenvalue weighted by atomic mass is 9.39. The monoisotopic (exact) mass is 489 g/mol. The van der Waals surface area contributed by atoms with E-state index in [0.717, 1.165) is 25.8 Å². The van der Waals surface area contributed by atoms with Gasteiger partial charge >= 0.3 is 0 Å². The van der Waals surface area contributed by atoms with Gasteiger partial charge in [0.2, 0.25) is 0 Å². The Kier molecular flexibility index (Phi) is 6.36. The summed E-state index contributed by atoms with van der Waals surface area (Å²) in [6, 6.07) is 0. The van der Waals surface area contributed by atoms with Crippen molar-refractivity contribution in [1.29, 1.82) is 0 Å². The summed E-state index contributed by atoms with van der Waals surface area (Å²) >= 11 is 0. The number of hydrogen-bond acceptors (Lipinski definition) is 4. The molecule has 0 aromatic carbocycles. The molecule has 5 aliphatic rings. The topological polar surface area (TPSA) is 61.7 Å². The number of hydrogen-bond donors (Lipinski definition) is 3. The van der Waals surface area contributed by atoms with Crippen molar-refractivity contribution in [1.82, 2.24) is 5.32 Å². The number of nitrogens with one attached hydrogen (secondary N) is 1. The minimum absolute atomic E-state index is 0.00672. The fourth-order valence-electron chi connectivity index (χ4n) is 10.6. The maximum absolute atomic E-state index is 12.2. The molecule has 1 heterocycles. The number of rotatable bonds is 2. The van der Waals surface area contributed by atoms with Crippen LogP contribution in [0.2, 0.25) is 0 Å². The zero-order valence-corrected chi connectivity index (χ0v) is 24.0. The molecular formula is C31H55NO3. The Morgan fingerprint density at radius 2 is 1.69 bits per heavy atom. The van der Waals surface area contributed by atoms with Crippen LogP contribution in [0.3, 0.4) is 0 Å². The molecular weight excluding hydrogens is 434 g/mol. The van der Waals surface area contributed by atoms with Gasteiger partial charge in [-0.2, -0.15) is 0 Å². The second kappa shape index (κ2) is 8.42. The largest absolute Gasteiger partial charge is 0.393 e. The molecule has 2 bridgehead atoms. The van der Waals surface area contributed by atoms with Gasteiger partial charge in [0, 0.05) is 17.5 Å². The number of aliphatic hydroxyl groups is 2. The first kappa shape index (κ1) is 26.4. The zero-order valence-electron chi connectivity index (χ0n) is 24.0. The lowest BCUT2D eigenvalue weighted by Crippen LogP contribution is -2.61. The molecule has 1 aliphatic heterocycles. The summed E-state index contributed by atoms with van der Waals surface area (Å²) in [4.78, 5) is 0. The SMILES string of the molecule is CC1CC(CNC(C)(C)C)OC2C1C1(C)CCC34CCCC(O)C(C)(C)C(CCC3C1(C)C2O)C4. The average molecular weight is 490 g/mol. The maximum atomic E-state index is 12.2. The molecule has 202 valence electrons. The van der Waals surface area contributed by atoms with Gasteiger partial charge in [0.25, 0.3) is 0 Å². The molecule has 0 amide bonds. The Morgan fingerprint density at radius 1 is 0.971 bits per heavy atom. The van der Waals surface area contributed by atoms with Crippen LogP contribution in [0.15, 0.2) is 0 Å². The van der Waals surface area contributed by atoms with E-state index in [4.69, 9.17) is 4.74 Å². The van der Waals surface area contributed by atoms with Crippen LogP contribution in [0.1, 0.15) is 113 Å². The zero-order chi connectivity index (χ0) is 25.6. The molecule has 11 atom stereocenters. The molecule has 0 aromatic rings. The second-order valence-corrected chi connectivity index (χ2v) is 15.9. The molecule has 3 N–H and O–H groups in total. The predicted molar refractivity (Wildman–Crippen MR) is 142 cm³/mol. The highest BCUT2D eigenvalue weighted by Crippen LogP contribution is 2.75. The van der Waals surface area contributed by atoms with Crippen LogP contribution in [-0.2, 0) is 4.74 Å². The first-order valence-corrected chi connectivity index (χ1v) is 14.9. The highest BCUT2D eigenvalue weighted by atomic mass is 16.5. The van der Waals surface area contributed by atoms with Crippen molar-refractivity contribution in [3.8, 4) is 0 Å². The molecule has 35 heavy (non-hydrogen) atoms. The van der Waals surface area contributed by atoms with Gasteiger partial charge in [-0.15, -0.1) is 0 Å². The average Bonchev–Trinajstić information content (AvgIpc) is 2.95.